The van der Waals surface area contributed by atoms with Gasteiger partial charge in [0, 0.05) is 0 Å². The molecule has 0 atom stereocenters. The molecule has 0 saturated heterocycles. The molecule has 2 aromatic carbocycles. The normalized spacial score (nSPS) is 10.6. The molecule has 0 spiro atoms. The van der Waals surface area contributed by atoms with Gasteiger partial charge in [-0.3, -0.25) is 4.79 Å². The molecule has 1 N–H and O–H groups in total. The summed E-state index contributed by atoms with van der Waals surface area (Å²) in [6.07, 6.45) is 1.18. The van der Waals surface area contributed by atoms with Gasteiger partial charge in [-0.1, -0.05) is 18.2 Å². The average Bonchev–Trinajstić information content (AvgIpc) is 3.06. The van der Waals surface area contributed by atoms with Crippen LogP contribution in [0.2, 0.25) is 0 Å². The largest absolute Gasteiger partial charge is 0.318 e. The van der Waals surface area contributed by atoms with E-state index in [9.17, 15) is 18.0 Å². The Morgan fingerprint density at radius 3 is 2.48 bits per heavy atom. The van der Waals surface area contributed by atoms with Crippen molar-refractivity contribution in [3.8, 4) is 5.69 Å². The van der Waals surface area contributed by atoms with Gasteiger partial charge in [0.2, 0.25) is 0 Å². The summed E-state index contributed by atoms with van der Waals surface area (Å²) in [6.45, 7) is 0. The Bertz CT molecular complexity index is 864. The Hall–Kier alpha value is -3.16. The lowest BCUT2D eigenvalue weighted by atomic mass is 10.2. The van der Waals surface area contributed by atoms with Crippen molar-refractivity contribution in [3.05, 3.63) is 71.8 Å². The fourth-order valence-corrected chi connectivity index (χ4v) is 1.86. The lowest BCUT2D eigenvalue weighted by Gasteiger charge is -2.05. The third-order valence-corrected chi connectivity index (χ3v) is 3.00. The zero-order valence-corrected chi connectivity index (χ0v) is 11.5. The van der Waals surface area contributed by atoms with Crippen LogP contribution in [0.15, 0.2) is 48.7 Å². The van der Waals surface area contributed by atoms with Crippen LogP contribution in [0, 0.1) is 17.5 Å². The first-order valence-electron chi connectivity index (χ1n) is 6.49. The maximum atomic E-state index is 13.5. The molecule has 23 heavy (non-hydrogen) atoms. The number of anilines is 1. The molecule has 0 aliphatic rings. The van der Waals surface area contributed by atoms with E-state index in [0.29, 0.717) is 5.69 Å². The van der Waals surface area contributed by atoms with Crippen molar-refractivity contribution < 1.29 is 18.0 Å². The number of nitrogens with one attached hydrogen (secondary N) is 1. The summed E-state index contributed by atoms with van der Waals surface area (Å²) in [7, 11) is 0. The first-order chi connectivity index (χ1) is 11.1. The molecule has 0 unspecified atom stereocenters. The van der Waals surface area contributed by atoms with E-state index in [0.717, 1.165) is 12.1 Å². The molecule has 116 valence electrons. The zero-order valence-electron chi connectivity index (χ0n) is 11.5. The molecule has 1 aromatic heterocycles. The standard InChI is InChI=1S/C15H9F3N4O/c16-10-6-7-11(14(18)13(10)17)20-15(23)12-8-19-22(21-12)9-4-2-1-3-5-9/h1-8H,(H,20,23). The summed E-state index contributed by atoms with van der Waals surface area (Å²) in [4.78, 5) is 13.2. The Labute approximate surface area is 128 Å². The highest BCUT2D eigenvalue weighted by Crippen LogP contribution is 2.20. The Morgan fingerprint density at radius 1 is 1.00 bits per heavy atom. The first kappa shape index (κ1) is 14.8. The smallest absolute Gasteiger partial charge is 0.277 e. The van der Waals surface area contributed by atoms with Gasteiger partial charge in [0.1, 0.15) is 0 Å². The number of carbonyl (C=O) groups is 1. The summed E-state index contributed by atoms with van der Waals surface area (Å²) in [5.41, 5.74) is 0.0479. The quantitative estimate of drug-likeness (QED) is 0.755. The number of halogens is 3. The van der Waals surface area contributed by atoms with Crippen LogP contribution in [0.5, 0.6) is 0 Å². The summed E-state index contributed by atoms with van der Waals surface area (Å²) < 4.78 is 39.5. The second-order valence-corrected chi connectivity index (χ2v) is 4.53. The fourth-order valence-electron chi connectivity index (χ4n) is 1.86. The lowest BCUT2D eigenvalue weighted by molar-refractivity contribution is 0.102. The minimum atomic E-state index is -1.66. The minimum absolute atomic E-state index is 0.0991. The van der Waals surface area contributed by atoms with Crippen LogP contribution in [0.3, 0.4) is 0 Å². The fraction of sp³-hybridized carbons (Fsp3) is 0. The van der Waals surface area contributed by atoms with E-state index in [1.807, 2.05) is 6.07 Å². The first-order valence-corrected chi connectivity index (χ1v) is 6.49. The summed E-state index contributed by atoms with van der Waals surface area (Å²) >= 11 is 0. The van der Waals surface area contributed by atoms with Gasteiger partial charge in [-0.05, 0) is 24.3 Å². The SMILES string of the molecule is O=C(Nc1ccc(F)c(F)c1F)c1cnn(-c2ccccc2)n1. The minimum Gasteiger partial charge on any atom is -0.318 e. The van der Waals surface area contributed by atoms with E-state index in [1.165, 1.54) is 11.0 Å². The average molecular weight is 318 g/mol. The van der Waals surface area contributed by atoms with E-state index < -0.39 is 29.0 Å². The van der Waals surface area contributed by atoms with Crippen LogP contribution in [-0.2, 0) is 0 Å². The van der Waals surface area contributed by atoms with Crippen molar-refractivity contribution in [3.63, 3.8) is 0 Å². The zero-order chi connectivity index (χ0) is 16.4. The third kappa shape index (κ3) is 2.91. The van der Waals surface area contributed by atoms with Gasteiger partial charge < -0.3 is 5.32 Å². The van der Waals surface area contributed by atoms with Crippen LogP contribution >= 0.6 is 0 Å². The van der Waals surface area contributed by atoms with Crippen molar-refractivity contribution >= 4 is 11.6 Å². The molecule has 0 aliphatic carbocycles. The van der Waals surface area contributed by atoms with Crippen molar-refractivity contribution in [1.29, 1.82) is 0 Å². The van der Waals surface area contributed by atoms with Crippen molar-refractivity contribution in [2.45, 2.75) is 0 Å². The van der Waals surface area contributed by atoms with Crippen molar-refractivity contribution in [2.24, 2.45) is 0 Å². The van der Waals surface area contributed by atoms with E-state index >= 15 is 0 Å². The molecular formula is C15H9F3N4O. The molecule has 5 nitrogen and oxygen atoms in total. The highest BCUT2D eigenvalue weighted by Gasteiger charge is 2.17. The van der Waals surface area contributed by atoms with E-state index in [-0.39, 0.29) is 5.69 Å². The van der Waals surface area contributed by atoms with Crippen LogP contribution in [-0.4, -0.2) is 20.9 Å². The van der Waals surface area contributed by atoms with Gasteiger partial charge in [-0.25, -0.2) is 13.2 Å². The Kier molecular flexibility index (Phi) is 3.80. The molecule has 0 radical (unpaired) electrons. The van der Waals surface area contributed by atoms with Gasteiger partial charge in [-0.2, -0.15) is 9.90 Å². The van der Waals surface area contributed by atoms with Gasteiger partial charge in [-0.15, -0.1) is 5.10 Å². The number of aromatic nitrogens is 3. The molecule has 0 bridgehead atoms. The monoisotopic (exact) mass is 318 g/mol. The number of amides is 1. The summed E-state index contributed by atoms with van der Waals surface area (Å²) in [5, 5.41) is 9.99. The number of carbonyl (C=O) groups excluding carboxylic acids is 1. The highest BCUT2D eigenvalue weighted by atomic mass is 19.2. The molecule has 0 aliphatic heterocycles. The topological polar surface area (TPSA) is 59.8 Å². The molecule has 8 heteroatoms. The predicted octanol–water partition coefficient (Wildman–Crippen LogP) is 2.94. The van der Waals surface area contributed by atoms with E-state index in [2.05, 4.69) is 15.5 Å². The molecule has 3 aromatic rings. The van der Waals surface area contributed by atoms with Gasteiger partial charge in [0.05, 0.1) is 17.6 Å². The number of nitrogens with zero attached hydrogens (tertiary/aromatic N) is 3. The highest BCUT2D eigenvalue weighted by molar-refractivity contribution is 6.02. The second-order valence-electron chi connectivity index (χ2n) is 4.53. The van der Waals surface area contributed by atoms with Crippen LogP contribution in [0.1, 0.15) is 10.5 Å². The number of hydrogen-bond donors (Lipinski definition) is 1. The van der Waals surface area contributed by atoms with E-state index in [1.54, 1.807) is 24.3 Å². The number of benzene rings is 2. The molecule has 0 fully saturated rings. The molecule has 1 amide bonds. The van der Waals surface area contributed by atoms with Crippen LogP contribution in [0.25, 0.3) is 5.69 Å². The Morgan fingerprint density at radius 2 is 1.74 bits per heavy atom. The molecule has 0 saturated carbocycles. The number of para-hydroxylation sites is 1. The van der Waals surface area contributed by atoms with Gasteiger partial charge in [0.25, 0.3) is 5.91 Å². The van der Waals surface area contributed by atoms with Gasteiger partial charge in [0.15, 0.2) is 23.1 Å². The van der Waals surface area contributed by atoms with Crippen LogP contribution < -0.4 is 5.32 Å². The molecular weight excluding hydrogens is 309 g/mol. The molecule has 3 rings (SSSR count). The summed E-state index contributed by atoms with van der Waals surface area (Å²) in [5.74, 6) is -5.27. The molecule has 1 heterocycles. The summed E-state index contributed by atoms with van der Waals surface area (Å²) in [6, 6.07) is 10.5. The Balaban J connectivity index is 1.82. The maximum Gasteiger partial charge on any atom is 0.277 e. The second kappa shape index (κ2) is 5.91. The van der Waals surface area contributed by atoms with Crippen molar-refractivity contribution in [1.82, 2.24) is 15.0 Å². The van der Waals surface area contributed by atoms with Gasteiger partial charge >= 0.3 is 0 Å². The van der Waals surface area contributed by atoms with Crippen molar-refractivity contribution in [2.75, 3.05) is 5.32 Å². The maximum absolute atomic E-state index is 13.5. The van der Waals surface area contributed by atoms with Crippen LogP contribution in [0.4, 0.5) is 18.9 Å². The number of hydrogen-bond acceptors (Lipinski definition) is 3. The van der Waals surface area contributed by atoms with E-state index in [4.69, 9.17) is 0 Å². The lowest BCUT2D eigenvalue weighted by Crippen LogP contribution is -2.15. The number of rotatable bonds is 3. The third-order valence-electron chi connectivity index (χ3n) is 3.00. The predicted molar refractivity (Wildman–Crippen MR) is 75.6 cm³/mol.